The van der Waals surface area contributed by atoms with Gasteiger partial charge < -0.3 is 5.73 Å². The molecule has 0 aliphatic rings. The van der Waals surface area contributed by atoms with Crippen molar-refractivity contribution in [2.75, 3.05) is 0 Å². The monoisotopic (exact) mass is 248 g/mol. The molecule has 0 fully saturated rings. The first-order chi connectivity index (χ1) is 9.36. The lowest BCUT2D eigenvalue weighted by Gasteiger charge is -2.08. The van der Waals surface area contributed by atoms with Crippen LogP contribution in [0.2, 0.25) is 0 Å². The van der Waals surface area contributed by atoms with Gasteiger partial charge in [-0.3, -0.25) is 4.98 Å². The topological polar surface area (TPSA) is 38.9 Å². The number of hydrogen-bond donors (Lipinski definition) is 1. The standard InChI is InChI=1S/C17H16N2/c18-12-15-11-14-8-4-5-9-16(14)17(19-15)10-13-6-2-1-3-7-13/h1-9,11H,10,12,18H2. The third kappa shape index (κ3) is 2.49. The summed E-state index contributed by atoms with van der Waals surface area (Å²) in [6.45, 7) is 0.479. The molecule has 1 aromatic heterocycles. The van der Waals surface area contributed by atoms with E-state index in [0.29, 0.717) is 6.54 Å². The Bertz CT molecular complexity index is 690. The van der Waals surface area contributed by atoms with E-state index in [-0.39, 0.29) is 0 Å². The lowest BCUT2D eigenvalue weighted by Crippen LogP contribution is -2.03. The zero-order chi connectivity index (χ0) is 13.1. The molecule has 0 aliphatic carbocycles. The fraction of sp³-hybridized carbons (Fsp3) is 0.118. The number of hydrogen-bond acceptors (Lipinski definition) is 2. The molecule has 0 amide bonds. The first-order valence-corrected chi connectivity index (χ1v) is 6.48. The Balaban J connectivity index is 2.11. The highest BCUT2D eigenvalue weighted by atomic mass is 14.7. The SMILES string of the molecule is NCc1cc2ccccc2c(Cc2ccccc2)n1. The Hall–Kier alpha value is -2.19. The fourth-order valence-electron chi connectivity index (χ4n) is 2.36. The summed E-state index contributed by atoms with van der Waals surface area (Å²) in [5.74, 6) is 0. The van der Waals surface area contributed by atoms with Crippen LogP contribution in [0.15, 0.2) is 60.7 Å². The van der Waals surface area contributed by atoms with E-state index in [2.05, 4.69) is 59.6 Å². The van der Waals surface area contributed by atoms with Gasteiger partial charge in [0.25, 0.3) is 0 Å². The van der Waals surface area contributed by atoms with Crippen LogP contribution in [0.25, 0.3) is 10.8 Å². The van der Waals surface area contributed by atoms with Gasteiger partial charge in [-0.05, 0) is 17.0 Å². The molecule has 19 heavy (non-hydrogen) atoms. The van der Waals surface area contributed by atoms with Crippen molar-refractivity contribution >= 4 is 10.8 Å². The number of nitrogens with zero attached hydrogens (tertiary/aromatic N) is 1. The summed E-state index contributed by atoms with van der Waals surface area (Å²) >= 11 is 0. The summed E-state index contributed by atoms with van der Waals surface area (Å²) in [7, 11) is 0. The molecular weight excluding hydrogens is 232 g/mol. The maximum Gasteiger partial charge on any atom is 0.0549 e. The normalized spacial score (nSPS) is 10.8. The maximum atomic E-state index is 5.74. The number of aromatic nitrogens is 1. The Morgan fingerprint density at radius 2 is 1.63 bits per heavy atom. The van der Waals surface area contributed by atoms with Gasteiger partial charge in [0, 0.05) is 18.4 Å². The molecule has 0 aliphatic heterocycles. The van der Waals surface area contributed by atoms with Crippen LogP contribution in [0, 0.1) is 0 Å². The molecular formula is C17H16N2. The summed E-state index contributed by atoms with van der Waals surface area (Å²) in [5.41, 5.74) is 9.06. The average Bonchev–Trinajstić information content (AvgIpc) is 2.48. The second-order valence-electron chi connectivity index (χ2n) is 4.65. The molecule has 2 N–H and O–H groups in total. The van der Waals surface area contributed by atoms with Crippen LogP contribution in [-0.4, -0.2) is 4.98 Å². The zero-order valence-electron chi connectivity index (χ0n) is 10.7. The van der Waals surface area contributed by atoms with Gasteiger partial charge in [0.15, 0.2) is 0 Å². The molecule has 94 valence electrons. The first kappa shape index (κ1) is 11.9. The number of benzene rings is 2. The highest BCUT2D eigenvalue weighted by molar-refractivity contribution is 5.85. The van der Waals surface area contributed by atoms with E-state index in [0.717, 1.165) is 17.8 Å². The van der Waals surface area contributed by atoms with Gasteiger partial charge in [-0.2, -0.15) is 0 Å². The van der Waals surface area contributed by atoms with E-state index in [1.54, 1.807) is 0 Å². The Morgan fingerprint density at radius 1 is 0.895 bits per heavy atom. The third-order valence-electron chi connectivity index (χ3n) is 3.30. The second kappa shape index (κ2) is 5.21. The molecule has 0 unspecified atom stereocenters. The third-order valence-corrected chi connectivity index (χ3v) is 3.30. The van der Waals surface area contributed by atoms with Crippen molar-refractivity contribution in [3.8, 4) is 0 Å². The van der Waals surface area contributed by atoms with Crippen molar-refractivity contribution in [2.24, 2.45) is 5.73 Å². The quantitative estimate of drug-likeness (QED) is 0.772. The van der Waals surface area contributed by atoms with Crippen LogP contribution in [0.3, 0.4) is 0 Å². The summed E-state index contributed by atoms with van der Waals surface area (Å²) in [5, 5.41) is 2.42. The first-order valence-electron chi connectivity index (χ1n) is 6.48. The van der Waals surface area contributed by atoms with Crippen molar-refractivity contribution in [2.45, 2.75) is 13.0 Å². The van der Waals surface area contributed by atoms with Crippen molar-refractivity contribution in [3.05, 3.63) is 77.6 Å². The number of fused-ring (bicyclic) bond motifs is 1. The van der Waals surface area contributed by atoms with E-state index in [1.165, 1.54) is 16.3 Å². The largest absolute Gasteiger partial charge is 0.325 e. The molecule has 0 radical (unpaired) electrons. The van der Waals surface area contributed by atoms with Crippen molar-refractivity contribution in [1.82, 2.24) is 4.98 Å². The van der Waals surface area contributed by atoms with Crippen LogP contribution in [0.1, 0.15) is 17.0 Å². The van der Waals surface area contributed by atoms with E-state index in [4.69, 9.17) is 5.73 Å². The predicted molar refractivity (Wildman–Crippen MR) is 78.9 cm³/mol. The van der Waals surface area contributed by atoms with Gasteiger partial charge in [-0.25, -0.2) is 0 Å². The fourth-order valence-corrected chi connectivity index (χ4v) is 2.36. The molecule has 0 saturated carbocycles. The Kier molecular flexibility index (Phi) is 3.25. The summed E-state index contributed by atoms with van der Waals surface area (Å²) in [6.07, 6.45) is 0.842. The van der Waals surface area contributed by atoms with E-state index in [1.807, 2.05) is 6.07 Å². The lowest BCUT2D eigenvalue weighted by atomic mass is 10.0. The smallest absolute Gasteiger partial charge is 0.0549 e. The maximum absolute atomic E-state index is 5.74. The molecule has 2 heteroatoms. The number of pyridine rings is 1. The van der Waals surface area contributed by atoms with Crippen LogP contribution in [0.5, 0.6) is 0 Å². The minimum absolute atomic E-state index is 0.479. The van der Waals surface area contributed by atoms with E-state index >= 15 is 0 Å². The molecule has 0 bridgehead atoms. The zero-order valence-corrected chi connectivity index (χ0v) is 10.7. The Labute approximate surface area is 112 Å². The molecule has 0 atom stereocenters. The van der Waals surface area contributed by atoms with Crippen molar-refractivity contribution in [1.29, 1.82) is 0 Å². The van der Waals surface area contributed by atoms with Crippen LogP contribution < -0.4 is 5.73 Å². The minimum Gasteiger partial charge on any atom is -0.325 e. The highest BCUT2D eigenvalue weighted by Crippen LogP contribution is 2.20. The summed E-state index contributed by atoms with van der Waals surface area (Å²) in [4.78, 5) is 4.69. The predicted octanol–water partition coefficient (Wildman–Crippen LogP) is 3.28. The number of rotatable bonds is 3. The molecule has 0 saturated heterocycles. The molecule has 2 aromatic carbocycles. The molecule has 0 spiro atoms. The molecule has 3 aromatic rings. The van der Waals surface area contributed by atoms with Crippen molar-refractivity contribution in [3.63, 3.8) is 0 Å². The molecule has 1 heterocycles. The highest BCUT2D eigenvalue weighted by Gasteiger charge is 2.06. The van der Waals surface area contributed by atoms with Crippen molar-refractivity contribution < 1.29 is 0 Å². The summed E-state index contributed by atoms with van der Waals surface area (Å²) < 4.78 is 0. The van der Waals surface area contributed by atoms with E-state index < -0.39 is 0 Å². The van der Waals surface area contributed by atoms with Gasteiger partial charge in [-0.1, -0.05) is 54.6 Å². The summed E-state index contributed by atoms with van der Waals surface area (Å²) in [6, 6.07) is 20.8. The van der Waals surface area contributed by atoms with Gasteiger partial charge in [0.2, 0.25) is 0 Å². The van der Waals surface area contributed by atoms with Gasteiger partial charge in [-0.15, -0.1) is 0 Å². The second-order valence-corrected chi connectivity index (χ2v) is 4.65. The van der Waals surface area contributed by atoms with Crippen LogP contribution in [0.4, 0.5) is 0 Å². The van der Waals surface area contributed by atoms with Crippen LogP contribution >= 0.6 is 0 Å². The Morgan fingerprint density at radius 3 is 2.42 bits per heavy atom. The van der Waals surface area contributed by atoms with Gasteiger partial charge in [0.1, 0.15) is 0 Å². The molecule has 3 rings (SSSR count). The van der Waals surface area contributed by atoms with Crippen LogP contribution in [-0.2, 0) is 13.0 Å². The van der Waals surface area contributed by atoms with Gasteiger partial charge >= 0.3 is 0 Å². The minimum atomic E-state index is 0.479. The van der Waals surface area contributed by atoms with E-state index in [9.17, 15) is 0 Å². The lowest BCUT2D eigenvalue weighted by molar-refractivity contribution is 0.958. The number of nitrogens with two attached hydrogens (primary N) is 1. The molecule has 2 nitrogen and oxygen atoms in total. The van der Waals surface area contributed by atoms with Gasteiger partial charge in [0.05, 0.1) is 11.4 Å². The average molecular weight is 248 g/mol.